The summed E-state index contributed by atoms with van der Waals surface area (Å²) in [5, 5.41) is 9.78. The summed E-state index contributed by atoms with van der Waals surface area (Å²) in [5.41, 5.74) is 0.751. The minimum absolute atomic E-state index is 0.0234. The van der Waals surface area contributed by atoms with Gasteiger partial charge >= 0.3 is 0 Å². The molecule has 3 aromatic rings. The number of aromatic nitrogens is 3. The second-order valence-electron chi connectivity index (χ2n) is 10.3. The number of nitrogens with one attached hydrogen (secondary N) is 2. The third kappa shape index (κ3) is 6.30. The van der Waals surface area contributed by atoms with Gasteiger partial charge in [0.25, 0.3) is 5.91 Å². The highest BCUT2D eigenvalue weighted by molar-refractivity contribution is 5.93. The van der Waals surface area contributed by atoms with Crippen molar-refractivity contribution in [1.82, 2.24) is 30.7 Å². The zero-order valence-electron chi connectivity index (χ0n) is 21.8. The van der Waals surface area contributed by atoms with Crippen LogP contribution in [0.2, 0.25) is 0 Å². The Hall–Kier alpha value is -3.73. The molecule has 11 heteroatoms. The van der Waals surface area contributed by atoms with Gasteiger partial charge in [-0.3, -0.25) is 24.5 Å². The molecule has 3 heterocycles. The molecule has 2 amide bonds. The molecule has 1 saturated heterocycles. The number of amides is 2. The van der Waals surface area contributed by atoms with Crippen molar-refractivity contribution in [2.24, 2.45) is 5.92 Å². The number of hydrogen-bond acceptors (Lipinski definition) is 7. The molecular weight excluding hydrogens is 506 g/mol. The molecule has 0 bridgehead atoms. The molecular formula is C28H32F2N6O3. The minimum atomic E-state index is -0.806. The number of halogens is 2. The first kappa shape index (κ1) is 26.9. The summed E-state index contributed by atoms with van der Waals surface area (Å²) in [7, 11) is 0. The van der Waals surface area contributed by atoms with Crippen LogP contribution in [-0.2, 0) is 4.79 Å². The average molecular weight is 539 g/mol. The van der Waals surface area contributed by atoms with E-state index in [0.29, 0.717) is 24.7 Å². The molecule has 2 fully saturated rings. The van der Waals surface area contributed by atoms with E-state index in [-0.39, 0.29) is 29.0 Å². The molecule has 9 nitrogen and oxygen atoms in total. The molecule has 206 valence electrons. The molecule has 0 radical (unpaired) electrons. The summed E-state index contributed by atoms with van der Waals surface area (Å²) in [5.74, 6) is -2.86. The van der Waals surface area contributed by atoms with Gasteiger partial charge in [0, 0.05) is 55.3 Å². The van der Waals surface area contributed by atoms with Gasteiger partial charge in [0.05, 0.1) is 23.9 Å². The van der Waals surface area contributed by atoms with Crippen LogP contribution in [-0.4, -0.2) is 57.0 Å². The lowest BCUT2D eigenvalue weighted by Crippen LogP contribution is -2.58. The standard InChI is InChI=1S/C28H32F2N6O3/c1-17(25-15-31-10-11-32-25)33-27(37)21-16-36(19-5-3-2-4-6-19)12-9-23(21)34-28(38)26-14-24(35-39-26)20-8-7-18(29)13-22(20)30/h7-8,10-11,13-15,17,19,21,23H,2-6,9,12,16H2,1H3,(H,33,37)(H,34,38)/t17-,21-,23-/m1/s1. The number of rotatable bonds is 7. The van der Waals surface area contributed by atoms with Gasteiger partial charge in [-0.15, -0.1) is 0 Å². The first-order valence-corrected chi connectivity index (χ1v) is 13.4. The molecule has 1 saturated carbocycles. The van der Waals surface area contributed by atoms with Crippen LogP contribution in [0.1, 0.15) is 67.7 Å². The molecule has 39 heavy (non-hydrogen) atoms. The Balaban J connectivity index is 1.31. The predicted molar refractivity (Wildman–Crippen MR) is 138 cm³/mol. The number of piperidine rings is 1. The first-order chi connectivity index (χ1) is 18.9. The fraction of sp³-hybridized carbons (Fsp3) is 0.464. The van der Waals surface area contributed by atoms with Crippen molar-refractivity contribution in [3.63, 3.8) is 0 Å². The van der Waals surface area contributed by atoms with Crippen LogP contribution in [0, 0.1) is 17.6 Å². The smallest absolute Gasteiger partial charge is 0.290 e. The molecule has 1 aromatic carbocycles. The van der Waals surface area contributed by atoms with Crippen LogP contribution in [0.15, 0.2) is 47.4 Å². The van der Waals surface area contributed by atoms with E-state index in [9.17, 15) is 18.4 Å². The summed E-state index contributed by atoms with van der Waals surface area (Å²) in [4.78, 5) is 37.4. The van der Waals surface area contributed by atoms with E-state index in [4.69, 9.17) is 4.52 Å². The highest BCUT2D eigenvalue weighted by Crippen LogP contribution is 2.29. The van der Waals surface area contributed by atoms with E-state index in [2.05, 4.69) is 30.7 Å². The Kier molecular flexibility index (Phi) is 8.25. The second-order valence-corrected chi connectivity index (χ2v) is 10.3. The quantitative estimate of drug-likeness (QED) is 0.467. The van der Waals surface area contributed by atoms with Crippen LogP contribution in [0.5, 0.6) is 0 Å². The lowest BCUT2D eigenvalue weighted by atomic mass is 9.86. The van der Waals surface area contributed by atoms with Crippen LogP contribution in [0.4, 0.5) is 8.78 Å². The van der Waals surface area contributed by atoms with Crippen molar-refractivity contribution in [3.8, 4) is 11.3 Å². The summed E-state index contributed by atoms with van der Waals surface area (Å²) in [6.07, 6.45) is 11.2. The number of hydrogen-bond donors (Lipinski definition) is 2. The van der Waals surface area contributed by atoms with Crippen molar-refractivity contribution in [2.75, 3.05) is 13.1 Å². The van der Waals surface area contributed by atoms with Gasteiger partial charge in [0.2, 0.25) is 11.7 Å². The Bertz CT molecular complexity index is 1300. The molecule has 5 rings (SSSR count). The highest BCUT2D eigenvalue weighted by atomic mass is 19.1. The predicted octanol–water partition coefficient (Wildman–Crippen LogP) is 4.04. The fourth-order valence-electron chi connectivity index (χ4n) is 5.57. The van der Waals surface area contributed by atoms with Gasteiger partial charge in [-0.25, -0.2) is 8.78 Å². The minimum Gasteiger partial charge on any atom is -0.350 e. The zero-order chi connectivity index (χ0) is 27.4. The molecule has 2 aliphatic rings. The van der Waals surface area contributed by atoms with Crippen LogP contribution in [0.3, 0.4) is 0 Å². The lowest BCUT2D eigenvalue weighted by Gasteiger charge is -2.43. The largest absolute Gasteiger partial charge is 0.350 e. The number of likely N-dealkylation sites (tertiary alicyclic amines) is 1. The molecule has 2 N–H and O–H groups in total. The van der Waals surface area contributed by atoms with E-state index in [1.165, 1.54) is 31.4 Å². The fourth-order valence-corrected chi connectivity index (χ4v) is 5.57. The SMILES string of the molecule is C[C@@H](NC(=O)[C@@H]1CN(C2CCCCC2)CC[C@H]1NC(=O)c1cc(-c2ccc(F)cc2F)no1)c1cnccn1. The lowest BCUT2D eigenvalue weighted by molar-refractivity contribution is -0.128. The Labute approximate surface area is 225 Å². The van der Waals surface area contributed by atoms with Crippen LogP contribution in [0.25, 0.3) is 11.3 Å². The third-order valence-electron chi connectivity index (χ3n) is 7.72. The van der Waals surface area contributed by atoms with Crippen molar-refractivity contribution < 1.29 is 22.9 Å². The summed E-state index contributed by atoms with van der Waals surface area (Å²) >= 11 is 0. The van der Waals surface area contributed by atoms with Gasteiger partial charge < -0.3 is 15.2 Å². The topological polar surface area (TPSA) is 113 Å². The summed E-state index contributed by atoms with van der Waals surface area (Å²) in [6.45, 7) is 3.14. The molecule has 1 aliphatic carbocycles. The van der Waals surface area contributed by atoms with E-state index >= 15 is 0 Å². The molecule has 0 spiro atoms. The Morgan fingerprint density at radius 1 is 1.10 bits per heavy atom. The van der Waals surface area contributed by atoms with Crippen molar-refractivity contribution in [2.45, 2.75) is 63.6 Å². The second kappa shape index (κ2) is 12.0. The van der Waals surface area contributed by atoms with E-state index in [1.807, 2.05) is 6.92 Å². The monoisotopic (exact) mass is 538 g/mol. The normalized spacial score (nSPS) is 21.3. The molecule has 2 aromatic heterocycles. The maximum atomic E-state index is 14.2. The molecule has 3 atom stereocenters. The Morgan fingerprint density at radius 3 is 2.67 bits per heavy atom. The maximum Gasteiger partial charge on any atom is 0.290 e. The third-order valence-corrected chi connectivity index (χ3v) is 7.72. The van der Waals surface area contributed by atoms with E-state index < -0.39 is 29.5 Å². The molecule has 0 unspecified atom stereocenters. The van der Waals surface area contributed by atoms with Crippen molar-refractivity contribution >= 4 is 11.8 Å². The van der Waals surface area contributed by atoms with Crippen LogP contribution < -0.4 is 10.6 Å². The number of carbonyl (C=O) groups excluding carboxylic acids is 2. The zero-order valence-corrected chi connectivity index (χ0v) is 21.8. The van der Waals surface area contributed by atoms with Crippen LogP contribution >= 0.6 is 0 Å². The average Bonchev–Trinajstić information content (AvgIpc) is 3.44. The number of nitrogens with zero attached hydrogens (tertiary/aromatic N) is 4. The maximum absolute atomic E-state index is 14.2. The Morgan fingerprint density at radius 2 is 1.92 bits per heavy atom. The number of benzene rings is 1. The van der Waals surface area contributed by atoms with Crippen molar-refractivity contribution in [3.05, 3.63) is 65.9 Å². The number of carbonyl (C=O) groups is 2. The van der Waals surface area contributed by atoms with Gasteiger partial charge in [0.15, 0.2) is 0 Å². The summed E-state index contributed by atoms with van der Waals surface area (Å²) < 4.78 is 32.7. The van der Waals surface area contributed by atoms with E-state index in [1.54, 1.807) is 18.6 Å². The van der Waals surface area contributed by atoms with Gasteiger partial charge in [-0.1, -0.05) is 24.4 Å². The van der Waals surface area contributed by atoms with Gasteiger partial charge in [-0.05, 0) is 38.3 Å². The van der Waals surface area contributed by atoms with Crippen molar-refractivity contribution in [1.29, 1.82) is 0 Å². The highest BCUT2D eigenvalue weighted by Gasteiger charge is 2.38. The first-order valence-electron chi connectivity index (χ1n) is 13.4. The van der Waals surface area contributed by atoms with Gasteiger partial charge in [-0.2, -0.15) is 0 Å². The molecule has 1 aliphatic heterocycles. The van der Waals surface area contributed by atoms with Gasteiger partial charge in [0.1, 0.15) is 17.3 Å². The summed E-state index contributed by atoms with van der Waals surface area (Å²) in [6, 6.07) is 4.05. The van der Waals surface area contributed by atoms with E-state index in [0.717, 1.165) is 31.5 Å².